The molecule has 2 heterocycles. The van der Waals surface area contributed by atoms with Gasteiger partial charge in [0.1, 0.15) is 0 Å². The molecule has 0 aromatic heterocycles. The highest BCUT2D eigenvalue weighted by atomic mass is 35.5. The van der Waals surface area contributed by atoms with Crippen LogP contribution >= 0.6 is 24.2 Å². The van der Waals surface area contributed by atoms with E-state index in [1.807, 2.05) is 0 Å². The van der Waals surface area contributed by atoms with E-state index in [-0.39, 0.29) is 12.4 Å². The fourth-order valence-electron chi connectivity index (χ4n) is 2.31. The molecule has 0 saturated carbocycles. The molecule has 0 amide bonds. The number of nitrogens with zero attached hydrogens (tertiary/aromatic N) is 1. The molecule has 0 radical (unpaired) electrons. The van der Waals surface area contributed by atoms with E-state index < -0.39 is 0 Å². The summed E-state index contributed by atoms with van der Waals surface area (Å²) in [4.78, 5) is 2.69. The molecule has 2 rings (SSSR count). The summed E-state index contributed by atoms with van der Waals surface area (Å²) >= 11 is 2.14. The van der Waals surface area contributed by atoms with Crippen LogP contribution in [0.5, 0.6) is 0 Å². The van der Waals surface area contributed by atoms with Gasteiger partial charge in [0.2, 0.25) is 0 Å². The molecule has 0 spiro atoms. The molecule has 0 aliphatic carbocycles. The van der Waals surface area contributed by atoms with Gasteiger partial charge in [0.05, 0.1) is 0 Å². The van der Waals surface area contributed by atoms with Crippen LogP contribution in [0.3, 0.4) is 0 Å². The zero-order valence-corrected chi connectivity index (χ0v) is 10.5. The van der Waals surface area contributed by atoms with Crippen molar-refractivity contribution in [1.29, 1.82) is 0 Å². The van der Waals surface area contributed by atoms with E-state index in [9.17, 15) is 0 Å². The van der Waals surface area contributed by atoms with Crippen LogP contribution in [0.25, 0.3) is 0 Å². The lowest BCUT2D eigenvalue weighted by Crippen LogP contribution is -2.53. The van der Waals surface area contributed by atoms with Gasteiger partial charge in [0.15, 0.2) is 0 Å². The number of rotatable bonds is 1. The van der Waals surface area contributed by atoms with E-state index in [2.05, 4.69) is 28.9 Å². The normalized spacial score (nSPS) is 34.9. The van der Waals surface area contributed by atoms with Crippen LogP contribution in [0.15, 0.2) is 0 Å². The van der Waals surface area contributed by atoms with E-state index in [0.717, 1.165) is 6.04 Å². The molecule has 1 N–H and O–H groups in total. The van der Waals surface area contributed by atoms with Crippen LogP contribution in [0, 0.1) is 0 Å². The zero-order valence-electron chi connectivity index (χ0n) is 8.87. The van der Waals surface area contributed by atoms with E-state index >= 15 is 0 Å². The minimum Gasteiger partial charge on any atom is -0.312 e. The fourth-order valence-corrected chi connectivity index (χ4v) is 3.49. The number of hydrogen-bond donors (Lipinski definition) is 1. The highest BCUT2D eigenvalue weighted by Gasteiger charge is 2.24. The van der Waals surface area contributed by atoms with Gasteiger partial charge in [0.25, 0.3) is 0 Å². The van der Waals surface area contributed by atoms with Gasteiger partial charge in [0, 0.05) is 37.5 Å². The third-order valence-electron chi connectivity index (χ3n) is 3.05. The lowest BCUT2D eigenvalue weighted by Gasteiger charge is -2.39. The molecule has 1 unspecified atom stereocenters. The largest absolute Gasteiger partial charge is 0.312 e. The van der Waals surface area contributed by atoms with Crippen molar-refractivity contribution < 1.29 is 0 Å². The first kappa shape index (κ1) is 12.6. The standard InChI is InChI=1S/C10H20N2S.ClH/c1-9-7-12(5-4-11-9)10-3-2-6-13-8-10;/h9-11H,2-8H2,1H3;1H/t9-,10?;/m0./s1. The Morgan fingerprint density at radius 2 is 2.29 bits per heavy atom. The SMILES string of the molecule is C[C@H]1CN(C2CCCSC2)CCN1.Cl. The smallest absolute Gasteiger partial charge is 0.0187 e. The molecule has 14 heavy (non-hydrogen) atoms. The van der Waals surface area contributed by atoms with Crippen LogP contribution in [0.1, 0.15) is 19.8 Å². The molecule has 2 aliphatic heterocycles. The van der Waals surface area contributed by atoms with Crippen LogP contribution in [-0.4, -0.2) is 48.1 Å². The molecule has 2 atom stereocenters. The summed E-state index contributed by atoms with van der Waals surface area (Å²) in [6.07, 6.45) is 2.85. The van der Waals surface area contributed by atoms with Crippen LogP contribution < -0.4 is 5.32 Å². The summed E-state index contributed by atoms with van der Waals surface area (Å²) in [7, 11) is 0. The number of halogens is 1. The Bertz CT molecular complexity index is 162. The monoisotopic (exact) mass is 236 g/mol. The first-order valence-corrected chi connectivity index (χ1v) is 6.57. The summed E-state index contributed by atoms with van der Waals surface area (Å²) in [5.41, 5.74) is 0. The number of piperazine rings is 1. The average molecular weight is 237 g/mol. The van der Waals surface area contributed by atoms with Gasteiger partial charge < -0.3 is 5.32 Å². The molecule has 0 aromatic rings. The van der Waals surface area contributed by atoms with Crippen molar-refractivity contribution in [2.24, 2.45) is 0 Å². The lowest BCUT2D eigenvalue weighted by atomic mass is 10.1. The molecule has 2 saturated heterocycles. The van der Waals surface area contributed by atoms with Crippen molar-refractivity contribution in [3.8, 4) is 0 Å². The number of nitrogens with one attached hydrogen (secondary N) is 1. The van der Waals surface area contributed by atoms with E-state index in [1.165, 1.54) is 44.0 Å². The van der Waals surface area contributed by atoms with E-state index in [0.29, 0.717) is 6.04 Å². The van der Waals surface area contributed by atoms with Crippen LogP contribution in [-0.2, 0) is 0 Å². The molecule has 0 aromatic carbocycles. The van der Waals surface area contributed by atoms with Crippen molar-refractivity contribution in [1.82, 2.24) is 10.2 Å². The van der Waals surface area contributed by atoms with Crippen LogP contribution in [0.4, 0.5) is 0 Å². The van der Waals surface area contributed by atoms with Gasteiger partial charge >= 0.3 is 0 Å². The molecular weight excluding hydrogens is 216 g/mol. The third-order valence-corrected chi connectivity index (χ3v) is 4.25. The molecule has 2 aliphatic rings. The van der Waals surface area contributed by atoms with Gasteiger partial charge in [-0.05, 0) is 25.5 Å². The molecule has 0 bridgehead atoms. The zero-order chi connectivity index (χ0) is 9.10. The fraction of sp³-hybridized carbons (Fsp3) is 1.00. The Morgan fingerprint density at radius 3 is 2.93 bits per heavy atom. The van der Waals surface area contributed by atoms with E-state index in [4.69, 9.17) is 0 Å². The van der Waals surface area contributed by atoms with Gasteiger partial charge in [-0.15, -0.1) is 12.4 Å². The van der Waals surface area contributed by atoms with Crippen molar-refractivity contribution >= 4 is 24.2 Å². The highest BCUT2D eigenvalue weighted by molar-refractivity contribution is 7.99. The highest BCUT2D eigenvalue weighted by Crippen LogP contribution is 2.22. The molecule has 2 fully saturated rings. The third kappa shape index (κ3) is 3.30. The minimum atomic E-state index is 0. The summed E-state index contributed by atoms with van der Waals surface area (Å²) < 4.78 is 0. The number of hydrogen-bond acceptors (Lipinski definition) is 3. The lowest BCUT2D eigenvalue weighted by molar-refractivity contribution is 0.152. The second kappa shape index (κ2) is 6.21. The second-order valence-corrected chi connectivity index (χ2v) is 5.37. The summed E-state index contributed by atoms with van der Waals surface area (Å²) in [5, 5.41) is 3.50. The van der Waals surface area contributed by atoms with Crippen molar-refractivity contribution in [2.45, 2.75) is 31.8 Å². The molecule has 4 heteroatoms. The maximum absolute atomic E-state index is 3.50. The predicted molar refractivity (Wildman–Crippen MR) is 66.6 cm³/mol. The summed E-state index contributed by atoms with van der Waals surface area (Å²) in [6, 6.07) is 1.57. The van der Waals surface area contributed by atoms with Crippen LogP contribution in [0.2, 0.25) is 0 Å². The minimum absolute atomic E-state index is 0. The van der Waals surface area contributed by atoms with Crippen molar-refractivity contribution in [3.63, 3.8) is 0 Å². The first-order valence-electron chi connectivity index (χ1n) is 5.41. The summed E-state index contributed by atoms with van der Waals surface area (Å²) in [6.45, 7) is 5.99. The number of thioether (sulfide) groups is 1. The topological polar surface area (TPSA) is 15.3 Å². The molecule has 2 nitrogen and oxygen atoms in total. The maximum Gasteiger partial charge on any atom is 0.0187 e. The average Bonchev–Trinajstić information content (AvgIpc) is 2.19. The predicted octanol–water partition coefficient (Wildman–Crippen LogP) is 1.60. The molecular formula is C10H21ClN2S. The Balaban J connectivity index is 0.000000980. The quantitative estimate of drug-likeness (QED) is 0.745. The Morgan fingerprint density at radius 1 is 1.43 bits per heavy atom. The van der Waals surface area contributed by atoms with Crippen molar-refractivity contribution in [3.05, 3.63) is 0 Å². The summed E-state index contributed by atoms with van der Waals surface area (Å²) in [5.74, 6) is 2.75. The maximum atomic E-state index is 3.50. The van der Waals surface area contributed by atoms with Gasteiger partial charge in [-0.3, -0.25) is 4.90 Å². The Labute approximate surface area is 97.6 Å². The first-order chi connectivity index (χ1) is 6.36. The molecule has 84 valence electrons. The Kier molecular flexibility index (Phi) is 5.60. The second-order valence-electron chi connectivity index (χ2n) is 4.22. The van der Waals surface area contributed by atoms with Gasteiger partial charge in [-0.2, -0.15) is 11.8 Å². The van der Waals surface area contributed by atoms with Crippen molar-refractivity contribution in [2.75, 3.05) is 31.1 Å². The Hall–Kier alpha value is 0.560. The van der Waals surface area contributed by atoms with Gasteiger partial charge in [-0.25, -0.2) is 0 Å². The van der Waals surface area contributed by atoms with E-state index in [1.54, 1.807) is 0 Å². The van der Waals surface area contributed by atoms with Gasteiger partial charge in [-0.1, -0.05) is 0 Å².